The smallest absolute Gasteiger partial charge is 0.230 e. The summed E-state index contributed by atoms with van der Waals surface area (Å²) in [5, 5.41) is 3.86. The number of carbonyl (C=O) groups excluding carboxylic acids is 2. The molecule has 3 aliphatic rings. The highest BCUT2D eigenvalue weighted by Crippen LogP contribution is 2.31. The zero-order valence-electron chi connectivity index (χ0n) is 17.9. The topological polar surface area (TPSA) is 81.7 Å². The molecule has 3 heterocycles. The standard InChI is InChI=1S/C21H31ClN6O2S/c22-17-14-18(27-10-12-28(13-11-27)20(30)16-4-5-16)25-21(24-17)31-15-19(29)23-6-9-26-7-2-1-3-8-26/h14,16H,1-13,15H2,(H,23,29). The van der Waals surface area contributed by atoms with Crippen molar-refractivity contribution in [2.24, 2.45) is 5.92 Å². The van der Waals surface area contributed by atoms with Crippen molar-refractivity contribution in [1.29, 1.82) is 0 Å². The van der Waals surface area contributed by atoms with Crippen molar-refractivity contribution in [2.45, 2.75) is 37.3 Å². The van der Waals surface area contributed by atoms with Crippen LogP contribution in [0, 0.1) is 5.92 Å². The summed E-state index contributed by atoms with van der Waals surface area (Å²) in [6.45, 7) is 6.71. The molecule has 170 valence electrons. The first-order valence-electron chi connectivity index (χ1n) is 11.3. The van der Waals surface area contributed by atoms with E-state index in [0.717, 1.165) is 51.4 Å². The van der Waals surface area contributed by atoms with Gasteiger partial charge in [0.1, 0.15) is 11.0 Å². The molecule has 1 aliphatic carbocycles. The summed E-state index contributed by atoms with van der Waals surface area (Å²) in [6, 6.07) is 1.75. The molecule has 8 nitrogen and oxygen atoms in total. The highest BCUT2D eigenvalue weighted by atomic mass is 35.5. The van der Waals surface area contributed by atoms with E-state index in [0.29, 0.717) is 35.9 Å². The first-order valence-corrected chi connectivity index (χ1v) is 12.6. The van der Waals surface area contributed by atoms with Gasteiger partial charge in [0, 0.05) is 51.3 Å². The molecule has 2 saturated heterocycles. The van der Waals surface area contributed by atoms with Gasteiger partial charge in [-0.1, -0.05) is 29.8 Å². The average Bonchev–Trinajstić information content (AvgIpc) is 3.63. The maximum Gasteiger partial charge on any atom is 0.230 e. The second-order valence-electron chi connectivity index (χ2n) is 8.46. The molecule has 4 rings (SSSR count). The fraction of sp³-hybridized carbons (Fsp3) is 0.714. The zero-order valence-corrected chi connectivity index (χ0v) is 19.5. The summed E-state index contributed by atoms with van der Waals surface area (Å²) in [5.74, 6) is 1.56. The molecule has 0 bridgehead atoms. The molecule has 0 radical (unpaired) electrons. The van der Waals surface area contributed by atoms with Gasteiger partial charge in [0.2, 0.25) is 11.8 Å². The van der Waals surface area contributed by atoms with Crippen LogP contribution < -0.4 is 10.2 Å². The molecule has 0 spiro atoms. The quantitative estimate of drug-likeness (QED) is 0.356. The number of nitrogens with zero attached hydrogens (tertiary/aromatic N) is 5. The number of piperidine rings is 1. The number of anilines is 1. The van der Waals surface area contributed by atoms with Crippen LogP contribution in [0.2, 0.25) is 5.15 Å². The Morgan fingerprint density at radius 3 is 2.52 bits per heavy atom. The number of thioether (sulfide) groups is 1. The molecule has 0 aromatic carbocycles. The number of nitrogens with one attached hydrogen (secondary N) is 1. The Morgan fingerprint density at radius 2 is 1.81 bits per heavy atom. The van der Waals surface area contributed by atoms with Crippen LogP contribution in [0.15, 0.2) is 11.2 Å². The molecule has 1 saturated carbocycles. The van der Waals surface area contributed by atoms with E-state index < -0.39 is 0 Å². The number of carbonyl (C=O) groups is 2. The maximum absolute atomic E-state index is 12.2. The lowest BCUT2D eigenvalue weighted by molar-refractivity contribution is -0.132. The van der Waals surface area contributed by atoms with Gasteiger partial charge in [-0.05, 0) is 38.8 Å². The number of aromatic nitrogens is 2. The number of hydrogen-bond acceptors (Lipinski definition) is 7. The highest BCUT2D eigenvalue weighted by molar-refractivity contribution is 7.99. The maximum atomic E-state index is 12.2. The molecule has 0 unspecified atom stereocenters. The Kier molecular flexibility index (Phi) is 7.90. The van der Waals surface area contributed by atoms with E-state index in [-0.39, 0.29) is 17.6 Å². The van der Waals surface area contributed by atoms with Crippen LogP contribution in [0.1, 0.15) is 32.1 Å². The van der Waals surface area contributed by atoms with Gasteiger partial charge in [-0.25, -0.2) is 9.97 Å². The second-order valence-corrected chi connectivity index (χ2v) is 9.79. The normalized spacial score (nSPS) is 20.0. The van der Waals surface area contributed by atoms with Gasteiger partial charge in [-0.3, -0.25) is 9.59 Å². The van der Waals surface area contributed by atoms with Gasteiger partial charge in [-0.2, -0.15) is 0 Å². The minimum absolute atomic E-state index is 0.0145. The van der Waals surface area contributed by atoms with E-state index in [1.807, 2.05) is 4.90 Å². The summed E-state index contributed by atoms with van der Waals surface area (Å²) in [5.41, 5.74) is 0. The predicted octanol–water partition coefficient (Wildman–Crippen LogP) is 1.88. The van der Waals surface area contributed by atoms with Crippen LogP contribution in [0.25, 0.3) is 0 Å². The third-order valence-electron chi connectivity index (χ3n) is 6.03. The van der Waals surface area contributed by atoms with Crippen LogP contribution in [-0.4, -0.2) is 89.7 Å². The fourth-order valence-corrected chi connectivity index (χ4v) is 4.98. The lowest BCUT2D eigenvalue weighted by atomic mass is 10.1. The SMILES string of the molecule is O=C(CSc1nc(Cl)cc(N2CCN(C(=O)C3CC3)CC2)n1)NCCN1CCCCC1. The largest absolute Gasteiger partial charge is 0.354 e. The minimum atomic E-state index is -0.0145. The summed E-state index contributed by atoms with van der Waals surface area (Å²) >= 11 is 7.52. The molecular formula is C21H31ClN6O2S. The van der Waals surface area contributed by atoms with Gasteiger partial charge < -0.3 is 20.0 Å². The first kappa shape index (κ1) is 22.6. The second kappa shape index (κ2) is 10.8. The summed E-state index contributed by atoms with van der Waals surface area (Å²) < 4.78 is 0. The Bertz CT molecular complexity index is 779. The monoisotopic (exact) mass is 466 g/mol. The molecule has 1 N–H and O–H groups in total. The van der Waals surface area contributed by atoms with Crippen molar-refractivity contribution in [3.63, 3.8) is 0 Å². The third kappa shape index (κ3) is 6.70. The van der Waals surface area contributed by atoms with Crippen LogP contribution in [0.3, 0.4) is 0 Å². The van der Waals surface area contributed by atoms with E-state index in [1.165, 1.54) is 31.0 Å². The van der Waals surface area contributed by atoms with Crippen molar-refractivity contribution >= 4 is 41.0 Å². The van der Waals surface area contributed by atoms with Gasteiger partial charge in [-0.15, -0.1) is 0 Å². The van der Waals surface area contributed by atoms with Crippen LogP contribution in [0.4, 0.5) is 5.82 Å². The molecule has 3 fully saturated rings. The van der Waals surface area contributed by atoms with E-state index in [9.17, 15) is 9.59 Å². The van der Waals surface area contributed by atoms with Crippen LogP contribution in [-0.2, 0) is 9.59 Å². The number of likely N-dealkylation sites (tertiary alicyclic amines) is 1. The highest BCUT2D eigenvalue weighted by Gasteiger charge is 2.34. The van der Waals surface area contributed by atoms with E-state index in [4.69, 9.17) is 11.6 Å². The van der Waals surface area contributed by atoms with Crippen molar-refractivity contribution in [3.05, 3.63) is 11.2 Å². The van der Waals surface area contributed by atoms with Crippen LogP contribution in [0.5, 0.6) is 0 Å². The summed E-state index contributed by atoms with van der Waals surface area (Å²) in [6.07, 6.45) is 5.89. The number of halogens is 1. The average molecular weight is 467 g/mol. The molecule has 0 atom stereocenters. The number of amides is 2. The Labute approximate surface area is 193 Å². The Morgan fingerprint density at radius 1 is 1.06 bits per heavy atom. The number of rotatable bonds is 8. The molecule has 31 heavy (non-hydrogen) atoms. The molecule has 1 aromatic heterocycles. The van der Waals surface area contributed by atoms with Gasteiger partial charge in [0.05, 0.1) is 5.75 Å². The Balaban J connectivity index is 1.22. The summed E-state index contributed by atoms with van der Waals surface area (Å²) in [4.78, 5) is 39.8. The molecule has 10 heteroatoms. The number of piperazine rings is 1. The molecule has 2 aliphatic heterocycles. The van der Waals surface area contributed by atoms with E-state index >= 15 is 0 Å². The first-order chi connectivity index (χ1) is 15.1. The lowest BCUT2D eigenvalue weighted by Crippen LogP contribution is -2.49. The minimum Gasteiger partial charge on any atom is -0.354 e. The van der Waals surface area contributed by atoms with Gasteiger partial charge in [0.25, 0.3) is 0 Å². The fourth-order valence-electron chi connectivity index (χ4n) is 4.07. The van der Waals surface area contributed by atoms with Gasteiger partial charge >= 0.3 is 0 Å². The number of hydrogen-bond donors (Lipinski definition) is 1. The molecule has 2 amide bonds. The summed E-state index contributed by atoms with van der Waals surface area (Å²) in [7, 11) is 0. The zero-order chi connectivity index (χ0) is 21.6. The van der Waals surface area contributed by atoms with E-state index in [1.54, 1.807) is 6.07 Å². The third-order valence-corrected chi connectivity index (χ3v) is 7.07. The van der Waals surface area contributed by atoms with E-state index in [2.05, 4.69) is 25.1 Å². The molecular weight excluding hydrogens is 436 g/mol. The van der Waals surface area contributed by atoms with Crippen LogP contribution >= 0.6 is 23.4 Å². The van der Waals surface area contributed by atoms with Crippen molar-refractivity contribution < 1.29 is 9.59 Å². The Hall–Kier alpha value is -1.58. The lowest BCUT2D eigenvalue weighted by Gasteiger charge is -2.35. The molecule has 1 aromatic rings. The van der Waals surface area contributed by atoms with Gasteiger partial charge in [0.15, 0.2) is 5.16 Å². The van der Waals surface area contributed by atoms with Crippen molar-refractivity contribution in [3.8, 4) is 0 Å². The van der Waals surface area contributed by atoms with Crippen molar-refractivity contribution in [2.75, 3.05) is 63.0 Å². The predicted molar refractivity (Wildman–Crippen MR) is 123 cm³/mol. The van der Waals surface area contributed by atoms with Crippen molar-refractivity contribution in [1.82, 2.24) is 25.1 Å².